The number of nitrogens with one attached hydrogen (secondary N) is 1. The highest BCUT2D eigenvalue weighted by molar-refractivity contribution is 8.12. The zero-order valence-electron chi connectivity index (χ0n) is 3.05. The minimum atomic E-state index is -3.81. The monoisotopic (exact) mass is 140 g/mol. The van der Waals surface area contributed by atoms with Crippen LogP contribution in [0.3, 0.4) is 0 Å². The van der Waals surface area contributed by atoms with E-state index in [4.69, 9.17) is 5.26 Å². The molecule has 0 saturated heterocycles. The van der Waals surface area contributed by atoms with Crippen molar-refractivity contribution in [2.75, 3.05) is 0 Å². The van der Waals surface area contributed by atoms with E-state index in [9.17, 15) is 8.42 Å². The van der Waals surface area contributed by atoms with Gasteiger partial charge in [-0.2, -0.15) is 13.7 Å². The van der Waals surface area contributed by atoms with Crippen molar-refractivity contribution >= 4 is 19.9 Å². The molecule has 0 bridgehead atoms. The average Bonchev–Trinajstić information content (AvgIpc) is 1.30. The summed E-state index contributed by atoms with van der Waals surface area (Å²) in [6.07, 6.45) is 1.14. The Hall–Kier alpha value is -0.470. The maximum atomic E-state index is 9.66. The second-order valence-corrected chi connectivity index (χ2v) is 2.95. The Balaban J connectivity index is 3.92. The van der Waals surface area contributed by atoms with Gasteiger partial charge in [-0.3, -0.25) is 0 Å². The minimum Gasteiger partial charge on any atom is -0.207 e. The maximum absolute atomic E-state index is 9.66. The summed E-state index contributed by atoms with van der Waals surface area (Å²) in [6.45, 7) is 0. The summed E-state index contributed by atoms with van der Waals surface area (Å²) >= 11 is 0. The molecule has 0 aliphatic carbocycles. The standard InChI is InChI=1S/CHClN2O2S/c2-7(5,6)4-1-3/h4H. The van der Waals surface area contributed by atoms with Crippen molar-refractivity contribution in [1.82, 2.24) is 4.72 Å². The molecule has 6 heteroatoms. The van der Waals surface area contributed by atoms with E-state index in [0.717, 1.165) is 6.19 Å². The van der Waals surface area contributed by atoms with Crippen LogP contribution in [-0.2, 0) is 9.24 Å². The van der Waals surface area contributed by atoms with Crippen molar-refractivity contribution < 1.29 is 8.42 Å². The van der Waals surface area contributed by atoms with Gasteiger partial charge in [-0.1, -0.05) is 0 Å². The lowest BCUT2D eigenvalue weighted by atomic mass is 11.5. The van der Waals surface area contributed by atoms with Crippen molar-refractivity contribution in [2.24, 2.45) is 0 Å². The van der Waals surface area contributed by atoms with E-state index in [1.807, 2.05) is 0 Å². The quantitative estimate of drug-likeness (QED) is 0.304. The SMILES string of the molecule is N#CNS(=O)(=O)Cl. The van der Waals surface area contributed by atoms with E-state index in [2.05, 4.69) is 10.7 Å². The van der Waals surface area contributed by atoms with Crippen molar-refractivity contribution in [3.05, 3.63) is 0 Å². The third kappa shape index (κ3) is 5.53. The summed E-state index contributed by atoms with van der Waals surface area (Å²) in [6, 6.07) is 0. The first-order chi connectivity index (χ1) is 3.06. The summed E-state index contributed by atoms with van der Waals surface area (Å²) in [5, 5.41) is 7.58. The van der Waals surface area contributed by atoms with Gasteiger partial charge in [-0.25, -0.2) is 4.72 Å². The van der Waals surface area contributed by atoms with E-state index >= 15 is 0 Å². The van der Waals surface area contributed by atoms with Gasteiger partial charge in [0.2, 0.25) is 0 Å². The first-order valence-corrected chi connectivity index (χ1v) is 3.47. The van der Waals surface area contributed by atoms with E-state index in [1.54, 1.807) is 0 Å². The van der Waals surface area contributed by atoms with E-state index in [0.29, 0.717) is 0 Å². The molecule has 0 aromatic heterocycles. The Morgan fingerprint density at radius 3 is 2.14 bits per heavy atom. The van der Waals surface area contributed by atoms with E-state index < -0.39 is 9.24 Å². The van der Waals surface area contributed by atoms with Gasteiger partial charge in [-0.15, -0.1) is 0 Å². The normalized spacial score (nSPS) is 9.71. The largest absolute Gasteiger partial charge is 0.327 e. The van der Waals surface area contributed by atoms with Crippen molar-refractivity contribution in [2.45, 2.75) is 0 Å². The Kier molecular flexibility index (Phi) is 1.87. The number of nitriles is 1. The number of nitrogens with zero attached hydrogens (tertiary/aromatic N) is 1. The molecule has 0 saturated carbocycles. The summed E-state index contributed by atoms with van der Waals surface area (Å²) in [4.78, 5) is 0. The number of halogens is 1. The van der Waals surface area contributed by atoms with Crippen LogP contribution in [0.5, 0.6) is 0 Å². The first kappa shape index (κ1) is 6.53. The highest BCUT2D eigenvalue weighted by Crippen LogP contribution is 1.84. The lowest BCUT2D eigenvalue weighted by molar-refractivity contribution is 0.605. The predicted octanol–water partition coefficient (Wildman–Crippen LogP) is -0.459. The molecular weight excluding hydrogens is 140 g/mol. The Labute approximate surface area is 45.2 Å². The Morgan fingerprint density at radius 2 is 2.14 bits per heavy atom. The maximum Gasteiger partial charge on any atom is 0.327 e. The molecule has 0 atom stereocenters. The van der Waals surface area contributed by atoms with Crippen LogP contribution in [0.4, 0.5) is 0 Å². The van der Waals surface area contributed by atoms with E-state index in [1.165, 1.54) is 4.72 Å². The van der Waals surface area contributed by atoms with Gasteiger partial charge in [0.15, 0.2) is 6.19 Å². The highest BCUT2D eigenvalue weighted by atomic mass is 35.7. The minimum absolute atomic E-state index is 1.14. The predicted molar refractivity (Wildman–Crippen MR) is 23.5 cm³/mol. The molecule has 0 unspecified atom stereocenters. The first-order valence-electron chi connectivity index (χ1n) is 1.17. The third-order valence-corrected chi connectivity index (χ3v) is 0.734. The molecule has 0 aliphatic rings. The zero-order chi connectivity index (χ0) is 5.91. The lowest BCUT2D eigenvalue weighted by Gasteiger charge is -1.80. The van der Waals surface area contributed by atoms with Crippen LogP contribution in [0.25, 0.3) is 0 Å². The number of hydrogen-bond donors (Lipinski definition) is 1. The molecule has 0 radical (unpaired) electrons. The molecule has 0 aromatic carbocycles. The van der Waals surface area contributed by atoms with Crippen molar-refractivity contribution in [3.8, 4) is 6.19 Å². The fourth-order valence-corrected chi connectivity index (χ4v) is 0.267. The molecule has 0 amide bonds. The molecule has 7 heavy (non-hydrogen) atoms. The molecule has 0 aliphatic heterocycles. The summed E-state index contributed by atoms with van der Waals surface area (Å²) in [7, 11) is 0.659. The lowest BCUT2D eigenvalue weighted by Crippen LogP contribution is -2.09. The smallest absolute Gasteiger partial charge is 0.207 e. The van der Waals surface area contributed by atoms with Gasteiger partial charge in [0, 0.05) is 10.7 Å². The zero-order valence-corrected chi connectivity index (χ0v) is 4.62. The molecular formula is CHClN2O2S. The van der Waals surface area contributed by atoms with Crippen molar-refractivity contribution in [3.63, 3.8) is 0 Å². The van der Waals surface area contributed by atoms with Crippen LogP contribution in [0.2, 0.25) is 0 Å². The topological polar surface area (TPSA) is 70.0 Å². The molecule has 40 valence electrons. The Bertz CT molecular complexity index is 176. The van der Waals surface area contributed by atoms with Crippen LogP contribution in [0.1, 0.15) is 0 Å². The summed E-state index contributed by atoms with van der Waals surface area (Å²) < 4.78 is 20.7. The third-order valence-electron chi connectivity index (χ3n) is 0.168. The summed E-state index contributed by atoms with van der Waals surface area (Å²) in [5.41, 5.74) is 0. The second kappa shape index (κ2) is 2.00. The van der Waals surface area contributed by atoms with E-state index in [-0.39, 0.29) is 0 Å². The average molecular weight is 141 g/mol. The highest BCUT2D eigenvalue weighted by Gasteiger charge is 1.96. The fraction of sp³-hybridized carbons (Fsp3) is 0. The van der Waals surface area contributed by atoms with Crippen LogP contribution >= 0.6 is 10.7 Å². The molecule has 0 rings (SSSR count). The molecule has 0 spiro atoms. The van der Waals surface area contributed by atoms with Gasteiger partial charge in [0.05, 0.1) is 0 Å². The molecule has 0 heterocycles. The van der Waals surface area contributed by atoms with Crippen molar-refractivity contribution in [1.29, 1.82) is 5.26 Å². The molecule has 0 fully saturated rings. The van der Waals surface area contributed by atoms with Gasteiger partial charge in [0.1, 0.15) is 0 Å². The van der Waals surface area contributed by atoms with Crippen LogP contribution in [-0.4, -0.2) is 8.42 Å². The van der Waals surface area contributed by atoms with Crippen LogP contribution in [0.15, 0.2) is 0 Å². The molecule has 1 N–H and O–H groups in total. The van der Waals surface area contributed by atoms with Crippen LogP contribution < -0.4 is 4.72 Å². The Morgan fingerprint density at radius 1 is 1.71 bits per heavy atom. The molecule has 4 nitrogen and oxygen atoms in total. The van der Waals surface area contributed by atoms with Gasteiger partial charge >= 0.3 is 9.24 Å². The summed E-state index contributed by atoms with van der Waals surface area (Å²) in [5.74, 6) is 0. The molecule has 0 aromatic rings. The number of rotatable bonds is 1. The number of hydrogen-bond acceptors (Lipinski definition) is 3. The van der Waals surface area contributed by atoms with Gasteiger partial charge in [0.25, 0.3) is 0 Å². The second-order valence-electron chi connectivity index (χ2n) is 0.652. The van der Waals surface area contributed by atoms with Crippen LogP contribution in [0, 0.1) is 11.5 Å². The van der Waals surface area contributed by atoms with Gasteiger partial charge in [-0.05, 0) is 0 Å². The van der Waals surface area contributed by atoms with Gasteiger partial charge < -0.3 is 0 Å². The fourth-order valence-electron chi connectivity index (χ4n) is 0.0545.